The smallest absolute Gasteiger partial charge is 0.255 e. The molecule has 0 saturated heterocycles. The average molecular weight is 281 g/mol. The highest BCUT2D eigenvalue weighted by molar-refractivity contribution is 5.53. The molecule has 0 unspecified atom stereocenters. The average Bonchev–Trinajstić information content (AvgIpc) is 2.84. The minimum atomic E-state index is -1.54. The van der Waals surface area contributed by atoms with Crippen molar-refractivity contribution >= 4 is 11.6 Å². The zero-order chi connectivity index (χ0) is 14.3. The fourth-order valence-corrected chi connectivity index (χ4v) is 2.27. The van der Waals surface area contributed by atoms with Crippen molar-refractivity contribution in [2.24, 2.45) is 0 Å². The zero-order valence-corrected chi connectivity index (χ0v) is 10.3. The number of aryl methyl sites for hydroxylation is 1. The molecule has 1 aromatic heterocycles. The van der Waals surface area contributed by atoms with E-state index in [4.69, 9.17) is 0 Å². The van der Waals surface area contributed by atoms with E-state index >= 15 is 0 Å². The quantitative estimate of drug-likeness (QED) is 0.831. The van der Waals surface area contributed by atoms with Gasteiger partial charge in [-0.1, -0.05) is 0 Å². The van der Waals surface area contributed by atoms with Crippen molar-refractivity contribution in [3.8, 4) is 0 Å². The minimum Gasteiger partial charge on any atom is -0.325 e. The molecule has 0 radical (unpaired) electrons. The van der Waals surface area contributed by atoms with Crippen molar-refractivity contribution < 1.29 is 13.2 Å². The monoisotopic (exact) mass is 281 g/mol. The number of rotatable bonds is 2. The van der Waals surface area contributed by atoms with E-state index in [2.05, 4.69) is 15.3 Å². The Labute approximate surface area is 111 Å². The van der Waals surface area contributed by atoms with Gasteiger partial charge in [0.15, 0.2) is 17.5 Å². The number of anilines is 2. The molecule has 104 valence electrons. The van der Waals surface area contributed by atoms with Crippen LogP contribution in [0.1, 0.15) is 17.7 Å². The van der Waals surface area contributed by atoms with Gasteiger partial charge >= 0.3 is 0 Å². The lowest BCUT2D eigenvalue weighted by Gasteiger charge is -2.08. The van der Waals surface area contributed by atoms with Crippen LogP contribution in [0.3, 0.4) is 0 Å². The summed E-state index contributed by atoms with van der Waals surface area (Å²) in [6.07, 6.45) is 2.23. The second kappa shape index (κ2) is 4.66. The lowest BCUT2D eigenvalue weighted by atomic mass is 10.2. The van der Waals surface area contributed by atoms with Gasteiger partial charge in [0.1, 0.15) is 0 Å². The molecule has 3 rings (SSSR count). The maximum Gasteiger partial charge on any atom is 0.255 e. The highest BCUT2D eigenvalue weighted by Crippen LogP contribution is 2.21. The molecule has 0 atom stereocenters. The number of nitrogens with one attached hydrogen (secondary N) is 2. The Morgan fingerprint density at radius 1 is 1.15 bits per heavy atom. The van der Waals surface area contributed by atoms with Gasteiger partial charge in [-0.25, -0.2) is 18.2 Å². The molecular weight excluding hydrogens is 271 g/mol. The van der Waals surface area contributed by atoms with E-state index in [1.54, 1.807) is 0 Å². The SMILES string of the molecule is O=c1[nH]c(Nc2cc(F)c(F)c(F)c2)nc2c1CCC2. The summed E-state index contributed by atoms with van der Waals surface area (Å²) in [5.74, 6) is -4.07. The molecule has 0 saturated carbocycles. The molecule has 1 aliphatic rings. The standard InChI is InChI=1S/C13H10F3N3O/c14-8-4-6(5-9(15)11(8)16)17-13-18-10-3-1-2-7(10)12(20)19-13/h4-5H,1-3H2,(H2,17,18,19,20). The van der Waals surface area contributed by atoms with Crippen LogP contribution < -0.4 is 10.9 Å². The van der Waals surface area contributed by atoms with Crippen LogP contribution in [0.2, 0.25) is 0 Å². The third-order valence-electron chi connectivity index (χ3n) is 3.19. The largest absolute Gasteiger partial charge is 0.325 e. The summed E-state index contributed by atoms with van der Waals surface area (Å²) in [6, 6.07) is 1.59. The van der Waals surface area contributed by atoms with Gasteiger partial charge in [-0.2, -0.15) is 0 Å². The first-order valence-electron chi connectivity index (χ1n) is 6.08. The molecular formula is C13H10F3N3O. The van der Waals surface area contributed by atoms with E-state index in [-0.39, 0.29) is 17.2 Å². The van der Waals surface area contributed by atoms with Crippen LogP contribution in [0.4, 0.5) is 24.8 Å². The number of aromatic nitrogens is 2. The fraction of sp³-hybridized carbons (Fsp3) is 0.231. The number of halogens is 3. The van der Waals surface area contributed by atoms with Gasteiger partial charge in [0.05, 0.1) is 5.69 Å². The molecule has 2 N–H and O–H groups in total. The number of fused-ring (bicyclic) bond motifs is 1. The van der Waals surface area contributed by atoms with Gasteiger partial charge < -0.3 is 5.32 Å². The summed E-state index contributed by atoms with van der Waals surface area (Å²) in [7, 11) is 0. The molecule has 1 aliphatic carbocycles. The third kappa shape index (κ3) is 2.15. The normalized spacial score (nSPS) is 13.3. The van der Waals surface area contributed by atoms with Gasteiger partial charge in [-0.3, -0.25) is 9.78 Å². The molecule has 1 aromatic carbocycles. The summed E-state index contributed by atoms with van der Waals surface area (Å²) in [5.41, 5.74) is 1.03. The van der Waals surface area contributed by atoms with Crippen LogP contribution >= 0.6 is 0 Å². The van der Waals surface area contributed by atoms with Crippen LogP contribution in [-0.4, -0.2) is 9.97 Å². The molecule has 0 amide bonds. The number of hydrogen-bond donors (Lipinski definition) is 2. The van der Waals surface area contributed by atoms with Gasteiger partial charge in [0, 0.05) is 23.4 Å². The van der Waals surface area contributed by atoms with Crippen molar-refractivity contribution in [3.63, 3.8) is 0 Å². The second-order valence-corrected chi connectivity index (χ2v) is 4.57. The minimum absolute atomic E-state index is 0.0255. The number of nitrogens with zero attached hydrogens (tertiary/aromatic N) is 1. The van der Waals surface area contributed by atoms with Gasteiger partial charge in [0.2, 0.25) is 5.95 Å². The van der Waals surface area contributed by atoms with E-state index < -0.39 is 17.5 Å². The zero-order valence-electron chi connectivity index (χ0n) is 10.3. The highest BCUT2D eigenvalue weighted by atomic mass is 19.2. The Hall–Kier alpha value is -2.31. The predicted molar refractivity (Wildman–Crippen MR) is 66.5 cm³/mol. The lowest BCUT2D eigenvalue weighted by Crippen LogP contribution is -2.16. The Morgan fingerprint density at radius 2 is 1.85 bits per heavy atom. The molecule has 20 heavy (non-hydrogen) atoms. The van der Waals surface area contributed by atoms with Crippen LogP contribution in [0, 0.1) is 17.5 Å². The fourth-order valence-electron chi connectivity index (χ4n) is 2.27. The second-order valence-electron chi connectivity index (χ2n) is 4.57. The van der Waals surface area contributed by atoms with Crippen molar-refractivity contribution in [1.29, 1.82) is 0 Å². The van der Waals surface area contributed by atoms with Gasteiger partial charge in [0.25, 0.3) is 5.56 Å². The Kier molecular flexibility index (Phi) is 2.96. The van der Waals surface area contributed by atoms with Crippen LogP contribution in [-0.2, 0) is 12.8 Å². The van der Waals surface area contributed by atoms with Crippen molar-refractivity contribution in [1.82, 2.24) is 9.97 Å². The Bertz CT molecular complexity index is 719. The van der Waals surface area contributed by atoms with E-state index in [0.29, 0.717) is 24.1 Å². The third-order valence-corrected chi connectivity index (χ3v) is 3.19. The van der Waals surface area contributed by atoms with Crippen LogP contribution in [0.15, 0.2) is 16.9 Å². The van der Waals surface area contributed by atoms with Crippen LogP contribution in [0.25, 0.3) is 0 Å². The first kappa shape index (κ1) is 12.7. The molecule has 1 heterocycles. The number of H-pyrrole nitrogens is 1. The first-order valence-corrected chi connectivity index (χ1v) is 6.08. The number of aromatic amines is 1. The van der Waals surface area contributed by atoms with Gasteiger partial charge in [-0.05, 0) is 19.3 Å². The van der Waals surface area contributed by atoms with E-state index in [1.165, 1.54) is 0 Å². The van der Waals surface area contributed by atoms with Crippen LogP contribution in [0.5, 0.6) is 0 Å². The van der Waals surface area contributed by atoms with E-state index in [0.717, 1.165) is 18.6 Å². The topological polar surface area (TPSA) is 57.8 Å². The summed E-state index contributed by atoms with van der Waals surface area (Å²) < 4.78 is 39.0. The Balaban J connectivity index is 1.96. The molecule has 0 fully saturated rings. The van der Waals surface area contributed by atoms with E-state index in [1.807, 2.05) is 0 Å². The van der Waals surface area contributed by atoms with Crippen molar-refractivity contribution in [2.75, 3.05) is 5.32 Å². The number of hydrogen-bond acceptors (Lipinski definition) is 3. The summed E-state index contributed by atoms with van der Waals surface area (Å²) >= 11 is 0. The summed E-state index contributed by atoms with van der Waals surface area (Å²) in [4.78, 5) is 18.4. The molecule has 4 nitrogen and oxygen atoms in total. The highest BCUT2D eigenvalue weighted by Gasteiger charge is 2.17. The summed E-state index contributed by atoms with van der Waals surface area (Å²) in [5, 5.41) is 2.57. The Morgan fingerprint density at radius 3 is 2.55 bits per heavy atom. The van der Waals surface area contributed by atoms with Gasteiger partial charge in [-0.15, -0.1) is 0 Å². The molecule has 2 aromatic rings. The maximum absolute atomic E-state index is 13.1. The van der Waals surface area contributed by atoms with Crippen molar-refractivity contribution in [2.45, 2.75) is 19.3 Å². The predicted octanol–water partition coefficient (Wildman–Crippen LogP) is 2.42. The first-order chi connectivity index (χ1) is 9.54. The maximum atomic E-state index is 13.1. The summed E-state index contributed by atoms with van der Waals surface area (Å²) in [6.45, 7) is 0. The lowest BCUT2D eigenvalue weighted by molar-refractivity contribution is 0.448. The molecule has 0 aliphatic heterocycles. The molecule has 7 heteroatoms. The van der Waals surface area contributed by atoms with E-state index in [9.17, 15) is 18.0 Å². The van der Waals surface area contributed by atoms with Crippen molar-refractivity contribution in [3.05, 3.63) is 51.2 Å². The number of benzene rings is 1. The molecule has 0 bridgehead atoms. The molecule has 0 spiro atoms.